The molecule has 0 aliphatic carbocycles. The van der Waals surface area contributed by atoms with E-state index in [9.17, 15) is 0 Å². The molecule has 2 atom stereocenters. The SMILES string of the molecule is Brc1cnc(NC2CCOC(c3ccccc3)C2)nc1. The highest BCUT2D eigenvalue weighted by Crippen LogP contribution is 2.29. The lowest BCUT2D eigenvalue weighted by atomic mass is 9.97. The molecular weight excluding hydrogens is 318 g/mol. The zero-order valence-corrected chi connectivity index (χ0v) is 12.6. The van der Waals surface area contributed by atoms with Crippen LogP contribution in [0.2, 0.25) is 0 Å². The molecule has 1 aromatic heterocycles. The average molecular weight is 334 g/mol. The van der Waals surface area contributed by atoms with E-state index >= 15 is 0 Å². The van der Waals surface area contributed by atoms with Gasteiger partial charge in [0.05, 0.1) is 10.6 Å². The summed E-state index contributed by atoms with van der Waals surface area (Å²) >= 11 is 3.34. The molecule has 0 radical (unpaired) electrons. The second-order valence-corrected chi connectivity index (χ2v) is 5.78. The van der Waals surface area contributed by atoms with Gasteiger partial charge in [-0.3, -0.25) is 0 Å². The Bertz CT molecular complexity index is 547. The van der Waals surface area contributed by atoms with E-state index in [1.54, 1.807) is 12.4 Å². The van der Waals surface area contributed by atoms with Crippen LogP contribution >= 0.6 is 15.9 Å². The van der Waals surface area contributed by atoms with Crippen molar-refractivity contribution in [2.45, 2.75) is 25.0 Å². The van der Waals surface area contributed by atoms with Crippen LogP contribution in [0.1, 0.15) is 24.5 Å². The van der Waals surface area contributed by atoms with Crippen molar-refractivity contribution in [3.63, 3.8) is 0 Å². The van der Waals surface area contributed by atoms with Crippen LogP contribution in [0.5, 0.6) is 0 Å². The van der Waals surface area contributed by atoms with E-state index in [1.807, 2.05) is 18.2 Å². The predicted octanol–water partition coefficient (Wildman–Crippen LogP) is 3.57. The maximum Gasteiger partial charge on any atom is 0.222 e. The van der Waals surface area contributed by atoms with Crippen molar-refractivity contribution in [1.29, 1.82) is 0 Å². The highest BCUT2D eigenvalue weighted by Gasteiger charge is 2.24. The molecule has 0 saturated carbocycles. The van der Waals surface area contributed by atoms with Crippen LogP contribution in [0, 0.1) is 0 Å². The summed E-state index contributed by atoms with van der Waals surface area (Å²) in [6.07, 6.45) is 5.57. The highest BCUT2D eigenvalue weighted by molar-refractivity contribution is 9.10. The Balaban J connectivity index is 1.65. The maximum atomic E-state index is 5.86. The third kappa shape index (κ3) is 3.35. The number of anilines is 1. The van der Waals surface area contributed by atoms with Gasteiger partial charge in [-0.05, 0) is 34.3 Å². The molecule has 0 bridgehead atoms. The van der Waals surface area contributed by atoms with Crippen molar-refractivity contribution in [3.8, 4) is 0 Å². The minimum atomic E-state index is 0.151. The summed E-state index contributed by atoms with van der Waals surface area (Å²) < 4.78 is 6.75. The summed E-state index contributed by atoms with van der Waals surface area (Å²) in [4.78, 5) is 8.52. The first-order chi connectivity index (χ1) is 9.81. The fraction of sp³-hybridized carbons (Fsp3) is 0.333. The molecule has 2 unspecified atom stereocenters. The standard InChI is InChI=1S/C15H16BrN3O/c16-12-9-17-15(18-10-12)19-13-6-7-20-14(8-13)11-4-2-1-3-5-11/h1-5,9-10,13-14H,6-8H2,(H,17,18,19). The molecule has 20 heavy (non-hydrogen) atoms. The highest BCUT2D eigenvalue weighted by atomic mass is 79.9. The van der Waals surface area contributed by atoms with E-state index < -0.39 is 0 Å². The minimum Gasteiger partial charge on any atom is -0.373 e. The number of hydrogen-bond donors (Lipinski definition) is 1. The molecule has 1 fully saturated rings. The Kier molecular flexibility index (Phi) is 4.28. The van der Waals surface area contributed by atoms with Gasteiger partial charge in [-0.1, -0.05) is 30.3 Å². The number of nitrogens with one attached hydrogen (secondary N) is 1. The predicted molar refractivity (Wildman–Crippen MR) is 81.5 cm³/mol. The maximum absolute atomic E-state index is 5.86. The van der Waals surface area contributed by atoms with Crippen molar-refractivity contribution in [3.05, 3.63) is 52.8 Å². The van der Waals surface area contributed by atoms with Gasteiger partial charge < -0.3 is 10.1 Å². The second kappa shape index (κ2) is 6.33. The summed E-state index contributed by atoms with van der Waals surface area (Å²) in [6, 6.07) is 10.7. The van der Waals surface area contributed by atoms with E-state index in [0.29, 0.717) is 12.0 Å². The van der Waals surface area contributed by atoms with Crippen molar-refractivity contribution in [2.75, 3.05) is 11.9 Å². The number of hydrogen-bond acceptors (Lipinski definition) is 4. The van der Waals surface area contributed by atoms with Crippen LogP contribution in [0.25, 0.3) is 0 Å². The Labute approximate surface area is 126 Å². The van der Waals surface area contributed by atoms with Gasteiger partial charge in [0.25, 0.3) is 0 Å². The third-order valence-corrected chi connectivity index (χ3v) is 3.82. The molecule has 1 saturated heterocycles. The van der Waals surface area contributed by atoms with Crippen LogP contribution in [0.3, 0.4) is 0 Å². The topological polar surface area (TPSA) is 47.0 Å². The normalized spacial score (nSPS) is 22.4. The molecule has 3 rings (SSSR count). The summed E-state index contributed by atoms with van der Waals surface area (Å²) in [7, 11) is 0. The quantitative estimate of drug-likeness (QED) is 0.932. The Morgan fingerprint density at radius 1 is 1.15 bits per heavy atom. The molecule has 1 aliphatic rings. The van der Waals surface area contributed by atoms with Gasteiger partial charge in [0.1, 0.15) is 0 Å². The molecule has 1 aromatic carbocycles. The summed E-state index contributed by atoms with van der Waals surface area (Å²) in [5, 5.41) is 3.38. The smallest absolute Gasteiger partial charge is 0.222 e. The number of nitrogens with zero attached hydrogens (tertiary/aromatic N) is 2. The van der Waals surface area contributed by atoms with Crippen molar-refractivity contribution in [1.82, 2.24) is 9.97 Å². The molecule has 2 aromatic rings. The van der Waals surface area contributed by atoms with Crippen molar-refractivity contribution >= 4 is 21.9 Å². The first-order valence-electron chi connectivity index (χ1n) is 6.72. The van der Waals surface area contributed by atoms with Crippen LogP contribution < -0.4 is 5.32 Å². The Hall–Kier alpha value is -1.46. The van der Waals surface area contributed by atoms with Gasteiger partial charge in [0, 0.05) is 25.0 Å². The van der Waals surface area contributed by atoms with Gasteiger partial charge in [0.2, 0.25) is 5.95 Å². The molecule has 1 aliphatic heterocycles. The fourth-order valence-corrected chi connectivity index (χ4v) is 2.60. The van der Waals surface area contributed by atoms with E-state index in [2.05, 4.69) is 43.3 Å². The van der Waals surface area contributed by atoms with E-state index in [-0.39, 0.29) is 6.10 Å². The van der Waals surface area contributed by atoms with E-state index in [4.69, 9.17) is 4.74 Å². The number of halogens is 1. The van der Waals surface area contributed by atoms with Gasteiger partial charge in [-0.25, -0.2) is 9.97 Å². The lowest BCUT2D eigenvalue weighted by Crippen LogP contribution is -2.30. The zero-order chi connectivity index (χ0) is 13.8. The van der Waals surface area contributed by atoms with Gasteiger partial charge in [-0.2, -0.15) is 0 Å². The molecule has 104 valence electrons. The lowest BCUT2D eigenvalue weighted by molar-refractivity contribution is 0.00969. The van der Waals surface area contributed by atoms with E-state index in [0.717, 1.165) is 23.9 Å². The monoisotopic (exact) mass is 333 g/mol. The Morgan fingerprint density at radius 3 is 2.65 bits per heavy atom. The van der Waals surface area contributed by atoms with Gasteiger partial charge in [0.15, 0.2) is 0 Å². The van der Waals surface area contributed by atoms with E-state index in [1.165, 1.54) is 5.56 Å². The van der Waals surface area contributed by atoms with Gasteiger partial charge >= 0.3 is 0 Å². The van der Waals surface area contributed by atoms with Gasteiger partial charge in [-0.15, -0.1) is 0 Å². The van der Waals surface area contributed by atoms with Crippen LogP contribution in [0.15, 0.2) is 47.2 Å². The molecule has 0 amide bonds. The summed E-state index contributed by atoms with van der Waals surface area (Å²) in [5.74, 6) is 0.673. The minimum absolute atomic E-state index is 0.151. The molecule has 1 N–H and O–H groups in total. The summed E-state index contributed by atoms with van der Waals surface area (Å²) in [5.41, 5.74) is 1.23. The lowest BCUT2D eigenvalue weighted by Gasteiger charge is -2.30. The average Bonchev–Trinajstić information content (AvgIpc) is 2.51. The summed E-state index contributed by atoms with van der Waals surface area (Å²) in [6.45, 7) is 0.758. The number of ether oxygens (including phenoxy) is 1. The third-order valence-electron chi connectivity index (χ3n) is 3.41. The molecule has 0 spiro atoms. The number of benzene rings is 1. The van der Waals surface area contributed by atoms with Crippen LogP contribution in [-0.2, 0) is 4.74 Å². The van der Waals surface area contributed by atoms with Crippen molar-refractivity contribution < 1.29 is 4.74 Å². The van der Waals surface area contributed by atoms with Crippen LogP contribution in [-0.4, -0.2) is 22.6 Å². The first kappa shape index (κ1) is 13.5. The zero-order valence-electron chi connectivity index (χ0n) is 11.0. The molecule has 4 nitrogen and oxygen atoms in total. The first-order valence-corrected chi connectivity index (χ1v) is 7.51. The number of rotatable bonds is 3. The molecule has 5 heteroatoms. The largest absolute Gasteiger partial charge is 0.373 e. The Morgan fingerprint density at radius 2 is 1.90 bits per heavy atom. The molecular formula is C15H16BrN3O. The fourth-order valence-electron chi connectivity index (χ4n) is 2.40. The molecule has 2 heterocycles. The second-order valence-electron chi connectivity index (χ2n) is 4.86. The van der Waals surface area contributed by atoms with Crippen LogP contribution in [0.4, 0.5) is 5.95 Å². The van der Waals surface area contributed by atoms with Crippen molar-refractivity contribution in [2.24, 2.45) is 0 Å². The number of aromatic nitrogens is 2.